The van der Waals surface area contributed by atoms with Crippen LogP contribution in [0.15, 0.2) is 24.3 Å². The molecule has 1 rings (SSSR count). The van der Waals surface area contributed by atoms with Gasteiger partial charge in [0.05, 0.1) is 6.61 Å². The van der Waals surface area contributed by atoms with E-state index in [9.17, 15) is 18.0 Å². The molecule has 0 saturated heterocycles. The van der Waals surface area contributed by atoms with Crippen LogP contribution < -0.4 is 4.74 Å². The molecule has 1 aromatic carbocycles. The number of benzene rings is 1. The number of Topliss-reactive ketones (excluding diaryl/α,β-unsaturated/α-hetero) is 1. The molecule has 5 heteroatoms. The van der Waals surface area contributed by atoms with Crippen molar-refractivity contribution in [2.45, 2.75) is 38.8 Å². The molecular weight excluding hydrogens is 257 g/mol. The smallest absolute Gasteiger partial charge is 0.449 e. The molecule has 0 aliphatic carbocycles. The van der Waals surface area contributed by atoms with Crippen LogP contribution in [0.25, 0.3) is 0 Å². The molecule has 0 heterocycles. The number of aryl methyl sites for hydroxylation is 1. The Balaban J connectivity index is 2.28. The summed E-state index contributed by atoms with van der Waals surface area (Å²) in [6.07, 6.45) is -3.64. The van der Waals surface area contributed by atoms with Crippen LogP contribution in [0.2, 0.25) is 0 Å². The van der Waals surface area contributed by atoms with Crippen molar-refractivity contribution in [2.75, 3.05) is 6.61 Å². The topological polar surface area (TPSA) is 26.3 Å². The summed E-state index contributed by atoms with van der Waals surface area (Å²) in [5.41, 5.74) is 1.03. The highest BCUT2D eigenvalue weighted by Crippen LogP contribution is 2.20. The lowest BCUT2D eigenvalue weighted by Crippen LogP contribution is -2.22. The van der Waals surface area contributed by atoms with E-state index in [1.807, 2.05) is 31.2 Å². The molecule has 2 nitrogen and oxygen atoms in total. The first-order valence-electron chi connectivity index (χ1n) is 6.25. The number of unbranched alkanes of at least 4 members (excludes halogenated alkanes) is 1. The lowest BCUT2D eigenvalue weighted by Gasteiger charge is -2.06. The van der Waals surface area contributed by atoms with Crippen molar-refractivity contribution in [1.29, 1.82) is 0 Å². The quantitative estimate of drug-likeness (QED) is 0.704. The number of carbonyl (C=O) groups excluding carboxylic acids is 1. The van der Waals surface area contributed by atoms with Gasteiger partial charge in [0.2, 0.25) is 5.78 Å². The zero-order valence-electron chi connectivity index (χ0n) is 10.8. The molecule has 0 saturated carbocycles. The second-order valence-corrected chi connectivity index (χ2v) is 4.21. The van der Waals surface area contributed by atoms with Crippen LogP contribution in [0.5, 0.6) is 5.75 Å². The van der Waals surface area contributed by atoms with Crippen molar-refractivity contribution in [3.05, 3.63) is 29.8 Å². The van der Waals surface area contributed by atoms with Crippen LogP contribution in [-0.4, -0.2) is 18.6 Å². The Morgan fingerprint density at radius 3 is 2.32 bits per heavy atom. The summed E-state index contributed by atoms with van der Waals surface area (Å²) in [7, 11) is 0. The molecule has 0 bridgehead atoms. The Morgan fingerprint density at radius 1 is 1.16 bits per heavy atom. The lowest BCUT2D eigenvalue weighted by molar-refractivity contribution is -0.171. The Bertz CT molecular complexity index is 396. The largest absolute Gasteiger partial charge is 0.494 e. The van der Waals surface area contributed by atoms with Gasteiger partial charge >= 0.3 is 6.18 Å². The predicted molar refractivity (Wildman–Crippen MR) is 66.2 cm³/mol. The summed E-state index contributed by atoms with van der Waals surface area (Å²) in [6, 6.07) is 7.44. The van der Waals surface area contributed by atoms with E-state index in [-0.39, 0.29) is 6.42 Å². The third kappa shape index (κ3) is 5.77. The van der Waals surface area contributed by atoms with Gasteiger partial charge in [-0.05, 0) is 43.9 Å². The molecule has 19 heavy (non-hydrogen) atoms. The van der Waals surface area contributed by atoms with Gasteiger partial charge in [-0.25, -0.2) is 0 Å². The minimum absolute atomic E-state index is 0.256. The zero-order chi connectivity index (χ0) is 14.3. The number of ether oxygens (including phenoxy) is 1. The van der Waals surface area contributed by atoms with Gasteiger partial charge in [0.25, 0.3) is 0 Å². The number of alkyl halides is 3. The molecule has 0 aliphatic heterocycles. The normalized spacial score (nSPS) is 11.4. The first-order chi connectivity index (χ1) is 8.93. The number of carbonyl (C=O) groups is 1. The highest BCUT2D eigenvalue weighted by molar-refractivity contribution is 5.83. The summed E-state index contributed by atoms with van der Waals surface area (Å²) >= 11 is 0. The van der Waals surface area contributed by atoms with E-state index < -0.39 is 18.4 Å². The first kappa shape index (κ1) is 15.5. The second-order valence-electron chi connectivity index (χ2n) is 4.21. The van der Waals surface area contributed by atoms with Crippen molar-refractivity contribution < 1.29 is 22.7 Å². The molecule has 106 valence electrons. The van der Waals surface area contributed by atoms with E-state index in [4.69, 9.17) is 4.74 Å². The molecule has 0 spiro atoms. The molecule has 0 N–H and O–H groups in total. The van der Waals surface area contributed by atoms with Crippen molar-refractivity contribution >= 4 is 5.78 Å². The van der Waals surface area contributed by atoms with Gasteiger partial charge in [-0.1, -0.05) is 12.1 Å². The highest BCUT2D eigenvalue weighted by Gasteiger charge is 2.36. The zero-order valence-corrected chi connectivity index (χ0v) is 10.8. The number of hydrogen-bond acceptors (Lipinski definition) is 2. The van der Waals surface area contributed by atoms with Crippen LogP contribution in [0.3, 0.4) is 0 Å². The van der Waals surface area contributed by atoms with Crippen molar-refractivity contribution in [3.8, 4) is 5.75 Å². The Hall–Kier alpha value is -1.52. The Kier molecular flexibility index (Phi) is 5.86. The van der Waals surface area contributed by atoms with E-state index in [1.54, 1.807) is 0 Å². The van der Waals surface area contributed by atoms with Crippen molar-refractivity contribution in [1.82, 2.24) is 0 Å². The summed E-state index contributed by atoms with van der Waals surface area (Å²) in [5.74, 6) is -0.863. The maximum Gasteiger partial charge on any atom is 0.449 e. The van der Waals surface area contributed by atoms with Gasteiger partial charge in [0, 0.05) is 6.42 Å². The maximum absolute atomic E-state index is 12.0. The van der Waals surface area contributed by atoms with Crippen LogP contribution in [0.4, 0.5) is 13.2 Å². The molecule has 0 radical (unpaired) electrons. The fourth-order valence-electron chi connectivity index (χ4n) is 1.68. The molecule has 0 atom stereocenters. The Labute approximate surface area is 110 Å². The van der Waals surface area contributed by atoms with E-state index in [0.29, 0.717) is 19.4 Å². The summed E-state index contributed by atoms with van der Waals surface area (Å²) in [6.45, 7) is 2.49. The molecule has 0 aromatic heterocycles. The average molecular weight is 274 g/mol. The van der Waals surface area contributed by atoms with Gasteiger partial charge in [-0.15, -0.1) is 0 Å². The minimum atomic E-state index is -4.70. The fourth-order valence-corrected chi connectivity index (χ4v) is 1.68. The van der Waals surface area contributed by atoms with Gasteiger partial charge in [0.15, 0.2) is 0 Å². The van der Waals surface area contributed by atoms with Gasteiger partial charge in [-0.3, -0.25) is 4.79 Å². The van der Waals surface area contributed by atoms with Gasteiger partial charge in [-0.2, -0.15) is 13.2 Å². The third-order valence-corrected chi connectivity index (χ3v) is 2.67. The number of hydrogen-bond donors (Lipinski definition) is 0. The van der Waals surface area contributed by atoms with E-state index in [0.717, 1.165) is 11.3 Å². The average Bonchev–Trinajstić information content (AvgIpc) is 2.35. The summed E-state index contributed by atoms with van der Waals surface area (Å²) < 4.78 is 41.1. The molecule has 0 amide bonds. The van der Waals surface area contributed by atoms with Gasteiger partial charge < -0.3 is 4.74 Å². The number of rotatable bonds is 7. The molecular formula is C14H17F3O2. The third-order valence-electron chi connectivity index (χ3n) is 2.67. The molecule has 0 aliphatic rings. The summed E-state index contributed by atoms with van der Waals surface area (Å²) in [5, 5.41) is 0. The minimum Gasteiger partial charge on any atom is -0.494 e. The molecule has 1 aromatic rings. The van der Waals surface area contributed by atoms with Crippen LogP contribution in [0, 0.1) is 0 Å². The van der Waals surface area contributed by atoms with E-state index in [1.165, 1.54) is 0 Å². The first-order valence-corrected chi connectivity index (χ1v) is 6.25. The second kappa shape index (κ2) is 7.16. The number of ketones is 1. The van der Waals surface area contributed by atoms with Crippen LogP contribution >= 0.6 is 0 Å². The monoisotopic (exact) mass is 274 g/mol. The standard InChI is InChI=1S/C14H17F3O2/c1-2-19-12-9-7-11(8-10-12)5-3-4-6-13(18)14(15,16)17/h7-10H,2-6H2,1H3. The number of halogens is 3. The van der Waals surface area contributed by atoms with E-state index >= 15 is 0 Å². The molecule has 0 unspecified atom stereocenters. The highest BCUT2D eigenvalue weighted by atomic mass is 19.4. The lowest BCUT2D eigenvalue weighted by atomic mass is 10.1. The van der Waals surface area contributed by atoms with Crippen molar-refractivity contribution in [3.63, 3.8) is 0 Å². The predicted octanol–water partition coefficient (Wildman–Crippen LogP) is 3.93. The summed E-state index contributed by atoms with van der Waals surface area (Å²) in [4.78, 5) is 10.7. The SMILES string of the molecule is CCOc1ccc(CCCCC(=O)C(F)(F)F)cc1. The molecule has 0 fully saturated rings. The van der Waals surface area contributed by atoms with E-state index in [2.05, 4.69) is 0 Å². The van der Waals surface area contributed by atoms with Gasteiger partial charge in [0.1, 0.15) is 5.75 Å². The fraction of sp³-hybridized carbons (Fsp3) is 0.500. The van der Waals surface area contributed by atoms with Crippen LogP contribution in [0.1, 0.15) is 31.7 Å². The Morgan fingerprint density at radius 2 is 1.79 bits per heavy atom. The maximum atomic E-state index is 12.0. The van der Waals surface area contributed by atoms with Crippen LogP contribution in [-0.2, 0) is 11.2 Å². The van der Waals surface area contributed by atoms with Crippen molar-refractivity contribution in [2.24, 2.45) is 0 Å².